The van der Waals surface area contributed by atoms with Gasteiger partial charge in [0.25, 0.3) is 0 Å². The highest BCUT2D eigenvalue weighted by atomic mass is 35.5. The monoisotopic (exact) mass is 626 g/mol. The molecule has 0 radical (unpaired) electrons. The first-order chi connectivity index (χ1) is 19.1. The fourth-order valence-corrected chi connectivity index (χ4v) is 6.54. The van der Waals surface area contributed by atoms with Crippen molar-refractivity contribution in [2.45, 2.75) is 17.9 Å². The molecule has 0 spiro atoms. The van der Waals surface area contributed by atoms with Crippen LogP contribution in [0.3, 0.4) is 0 Å². The largest absolute Gasteiger partial charge is 0.463 e. The van der Waals surface area contributed by atoms with E-state index in [2.05, 4.69) is 11.9 Å². The fraction of sp³-hybridized carbons (Fsp3) is 0.333. The number of ether oxygens (including phenoxy) is 1. The summed E-state index contributed by atoms with van der Waals surface area (Å²) in [4.78, 5) is 30.2. The summed E-state index contributed by atoms with van der Waals surface area (Å²) < 4.78 is 33.1. The maximum atomic E-state index is 13.3. The van der Waals surface area contributed by atoms with Gasteiger partial charge in [0, 0.05) is 50.0 Å². The van der Waals surface area contributed by atoms with Gasteiger partial charge in [-0.1, -0.05) is 46.9 Å². The van der Waals surface area contributed by atoms with E-state index >= 15 is 0 Å². The molecule has 1 atom stereocenters. The zero-order chi connectivity index (χ0) is 29.0. The van der Waals surface area contributed by atoms with E-state index in [1.54, 1.807) is 43.3 Å². The van der Waals surface area contributed by atoms with Gasteiger partial charge >= 0.3 is 12.0 Å². The molecule has 2 heterocycles. The van der Waals surface area contributed by atoms with Gasteiger partial charge in [-0.15, -0.1) is 6.58 Å². The highest BCUT2D eigenvalue weighted by Gasteiger charge is 2.39. The van der Waals surface area contributed by atoms with Gasteiger partial charge in [-0.25, -0.2) is 18.0 Å². The summed E-state index contributed by atoms with van der Waals surface area (Å²) in [5, 5.41) is 3.96. The Balaban J connectivity index is 1.65. The van der Waals surface area contributed by atoms with Crippen LogP contribution in [-0.4, -0.2) is 80.4 Å². The Morgan fingerprint density at radius 3 is 2.35 bits per heavy atom. The van der Waals surface area contributed by atoms with Crippen molar-refractivity contribution in [3.63, 3.8) is 0 Å². The quantitative estimate of drug-likeness (QED) is 0.319. The van der Waals surface area contributed by atoms with E-state index in [0.29, 0.717) is 34.4 Å². The lowest BCUT2D eigenvalue weighted by Gasteiger charge is -2.40. The second-order valence-corrected chi connectivity index (χ2v) is 12.4. The first kappa shape index (κ1) is 30.4. The summed E-state index contributed by atoms with van der Waals surface area (Å²) in [6.45, 7) is 7.20. The lowest BCUT2D eigenvalue weighted by molar-refractivity contribution is -0.139. The molecule has 0 aromatic heterocycles. The van der Waals surface area contributed by atoms with Crippen molar-refractivity contribution >= 4 is 56.8 Å². The van der Waals surface area contributed by atoms with Crippen molar-refractivity contribution in [2.24, 2.45) is 0 Å². The van der Waals surface area contributed by atoms with Gasteiger partial charge in [-0.3, -0.25) is 9.80 Å². The Bertz CT molecular complexity index is 1420. The molecule has 214 valence electrons. The summed E-state index contributed by atoms with van der Waals surface area (Å²) in [6, 6.07) is 9.71. The molecular weight excluding hydrogens is 599 g/mol. The highest BCUT2D eigenvalue weighted by molar-refractivity contribution is 7.89. The van der Waals surface area contributed by atoms with Crippen molar-refractivity contribution in [2.75, 3.05) is 45.9 Å². The van der Waals surface area contributed by atoms with Crippen LogP contribution in [0.25, 0.3) is 0 Å². The topological polar surface area (TPSA) is 99.3 Å². The van der Waals surface area contributed by atoms with Crippen molar-refractivity contribution in [3.8, 4) is 0 Å². The van der Waals surface area contributed by atoms with E-state index in [-0.39, 0.29) is 48.3 Å². The third-order valence-corrected chi connectivity index (χ3v) is 9.58. The predicted molar refractivity (Wildman–Crippen MR) is 155 cm³/mol. The molecule has 0 bridgehead atoms. The van der Waals surface area contributed by atoms with E-state index < -0.39 is 28.1 Å². The molecule has 13 heteroatoms. The summed E-state index contributed by atoms with van der Waals surface area (Å²) in [5.74, 6) is -0.577. The smallest absolute Gasteiger partial charge is 0.338 e. The third kappa shape index (κ3) is 6.48. The average Bonchev–Trinajstić information content (AvgIpc) is 2.92. The Hall–Kier alpha value is -2.60. The number of nitrogens with one attached hydrogen (secondary N) is 1. The summed E-state index contributed by atoms with van der Waals surface area (Å²) >= 11 is 18.3. The minimum atomic E-state index is -3.70. The summed E-state index contributed by atoms with van der Waals surface area (Å²) in [7, 11) is -3.70. The molecule has 2 aromatic carbocycles. The molecule has 4 rings (SSSR count). The number of carbonyl (C=O) groups excluding carboxylic acids is 2. The van der Waals surface area contributed by atoms with E-state index in [4.69, 9.17) is 39.5 Å². The Morgan fingerprint density at radius 2 is 1.75 bits per heavy atom. The molecule has 0 saturated carbocycles. The number of amides is 2. The van der Waals surface area contributed by atoms with Gasteiger partial charge in [0.2, 0.25) is 10.0 Å². The third-order valence-electron chi connectivity index (χ3n) is 6.68. The molecule has 2 aliphatic heterocycles. The highest BCUT2D eigenvalue weighted by Crippen LogP contribution is 2.35. The lowest BCUT2D eigenvalue weighted by atomic mass is 9.94. The first-order valence-electron chi connectivity index (χ1n) is 12.6. The molecule has 2 amide bonds. The van der Waals surface area contributed by atoms with E-state index in [1.807, 2.05) is 4.90 Å². The van der Waals surface area contributed by atoms with Crippen LogP contribution < -0.4 is 5.32 Å². The normalized spacial score (nSPS) is 18.9. The number of piperazine rings is 1. The number of esters is 1. The van der Waals surface area contributed by atoms with Crippen LogP contribution in [0.4, 0.5) is 4.79 Å². The van der Waals surface area contributed by atoms with Gasteiger partial charge in [-0.2, -0.15) is 4.31 Å². The van der Waals surface area contributed by atoms with Crippen LogP contribution in [-0.2, 0) is 19.6 Å². The molecular formula is C27H29Cl3N4O5S. The van der Waals surface area contributed by atoms with Gasteiger partial charge in [0.05, 0.1) is 33.2 Å². The first-order valence-corrected chi connectivity index (χ1v) is 15.2. The van der Waals surface area contributed by atoms with Crippen molar-refractivity contribution in [1.29, 1.82) is 0 Å². The Labute approximate surface area is 249 Å². The van der Waals surface area contributed by atoms with Crippen LogP contribution in [0.2, 0.25) is 15.1 Å². The standard InChI is InChI=1S/C27H29Cl3N4O5S/c1-3-11-34-23(17-32-12-14-33(15-13-32)40(37,38)20-8-6-19(28)7-9-20)24(26(35)39-4-2)25(31-27(34)36)18-5-10-21(29)22(30)16-18/h3,5-10,16,25H,1,4,11-15,17H2,2H3,(H,31,36). The van der Waals surface area contributed by atoms with Crippen LogP contribution in [0, 0.1) is 0 Å². The fourth-order valence-electron chi connectivity index (χ4n) is 4.68. The van der Waals surface area contributed by atoms with Crippen molar-refractivity contribution < 1.29 is 22.7 Å². The summed E-state index contributed by atoms with van der Waals surface area (Å²) in [5.41, 5.74) is 1.28. The van der Waals surface area contributed by atoms with Gasteiger partial charge in [0.1, 0.15) is 0 Å². The number of nitrogens with zero attached hydrogens (tertiary/aromatic N) is 3. The van der Waals surface area contributed by atoms with Gasteiger partial charge in [-0.05, 0) is 48.9 Å². The summed E-state index contributed by atoms with van der Waals surface area (Å²) in [6.07, 6.45) is 1.57. The zero-order valence-electron chi connectivity index (χ0n) is 21.8. The Morgan fingerprint density at radius 1 is 1.07 bits per heavy atom. The number of hydrogen-bond acceptors (Lipinski definition) is 6. The molecule has 1 fully saturated rings. The number of rotatable bonds is 9. The second-order valence-electron chi connectivity index (χ2n) is 9.17. The van der Waals surface area contributed by atoms with Crippen LogP contribution in [0.1, 0.15) is 18.5 Å². The molecule has 40 heavy (non-hydrogen) atoms. The second kappa shape index (κ2) is 12.9. The molecule has 9 nitrogen and oxygen atoms in total. The predicted octanol–water partition coefficient (Wildman–Crippen LogP) is 4.72. The average molecular weight is 628 g/mol. The lowest BCUT2D eigenvalue weighted by Crippen LogP contribution is -2.53. The maximum absolute atomic E-state index is 13.3. The number of halogens is 3. The number of sulfonamides is 1. The van der Waals surface area contributed by atoms with Crippen LogP contribution >= 0.6 is 34.8 Å². The number of carbonyl (C=O) groups is 2. The molecule has 2 aliphatic rings. The molecule has 1 saturated heterocycles. The van der Waals surface area contributed by atoms with Crippen molar-refractivity contribution in [3.05, 3.63) is 87.0 Å². The number of urea groups is 1. The molecule has 1 unspecified atom stereocenters. The van der Waals surface area contributed by atoms with Crippen molar-refractivity contribution in [1.82, 2.24) is 19.4 Å². The SMILES string of the molecule is C=CCN1C(=O)NC(c2ccc(Cl)c(Cl)c2)C(C(=O)OCC)=C1CN1CCN(S(=O)(=O)c2ccc(Cl)cc2)CC1. The van der Waals surface area contributed by atoms with E-state index in [0.717, 1.165) is 0 Å². The van der Waals surface area contributed by atoms with Crippen LogP contribution in [0.15, 0.2) is 71.3 Å². The molecule has 1 N–H and O–H groups in total. The number of hydrogen-bond donors (Lipinski definition) is 1. The van der Waals surface area contributed by atoms with Gasteiger partial charge in [0.15, 0.2) is 0 Å². The minimum absolute atomic E-state index is 0.139. The number of benzene rings is 2. The zero-order valence-corrected chi connectivity index (χ0v) is 24.9. The molecule has 2 aromatic rings. The maximum Gasteiger partial charge on any atom is 0.338 e. The van der Waals surface area contributed by atoms with Gasteiger partial charge < -0.3 is 10.1 Å². The minimum Gasteiger partial charge on any atom is -0.463 e. The van der Waals surface area contributed by atoms with Crippen LogP contribution in [0.5, 0.6) is 0 Å². The molecule has 0 aliphatic carbocycles. The van der Waals surface area contributed by atoms with E-state index in [9.17, 15) is 18.0 Å². The van der Waals surface area contributed by atoms with E-state index in [1.165, 1.54) is 21.3 Å². The Kier molecular flexibility index (Phi) is 9.81.